The second kappa shape index (κ2) is 3.63. The lowest BCUT2D eigenvalue weighted by Gasteiger charge is -2.36. The maximum absolute atomic E-state index is 11.3. The molecule has 1 aliphatic heterocycles. The van der Waals surface area contributed by atoms with Gasteiger partial charge >= 0.3 is 5.97 Å². The van der Waals surface area contributed by atoms with E-state index in [4.69, 9.17) is 0 Å². The molecule has 2 fully saturated rings. The highest BCUT2D eigenvalue weighted by Crippen LogP contribution is 2.41. The molecule has 0 bridgehead atoms. The van der Waals surface area contributed by atoms with Crippen molar-refractivity contribution in [2.75, 3.05) is 6.54 Å². The predicted octanol–water partition coefficient (Wildman–Crippen LogP) is 1.89. The van der Waals surface area contributed by atoms with Crippen LogP contribution in [0, 0.1) is 5.92 Å². The number of likely N-dealkylation sites (tertiary alicyclic amines) is 1. The molecule has 2 unspecified atom stereocenters. The molecule has 2 atom stereocenters. The summed E-state index contributed by atoms with van der Waals surface area (Å²) in [5, 5.41) is 9.31. The molecular formula is C12H19NO2. The zero-order valence-corrected chi connectivity index (χ0v) is 9.28. The molecule has 1 saturated heterocycles. The number of carboxylic acids is 1. The fourth-order valence-electron chi connectivity index (χ4n) is 2.70. The molecule has 1 saturated carbocycles. The molecular weight excluding hydrogens is 190 g/mol. The van der Waals surface area contributed by atoms with E-state index >= 15 is 0 Å². The number of hydrogen-bond donors (Lipinski definition) is 1. The topological polar surface area (TPSA) is 40.5 Å². The summed E-state index contributed by atoms with van der Waals surface area (Å²) >= 11 is 0. The minimum atomic E-state index is -0.687. The number of nitrogens with zero attached hydrogens (tertiary/aromatic N) is 1. The van der Waals surface area contributed by atoms with Gasteiger partial charge in [-0.3, -0.25) is 9.69 Å². The summed E-state index contributed by atoms with van der Waals surface area (Å²) < 4.78 is 0. The molecule has 3 heteroatoms. The first-order valence-corrected chi connectivity index (χ1v) is 5.72. The molecule has 1 heterocycles. The van der Waals surface area contributed by atoms with Crippen LogP contribution in [0.4, 0.5) is 0 Å². The lowest BCUT2D eigenvalue weighted by atomic mass is 9.96. The van der Waals surface area contributed by atoms with Crippen LogP contribution in [0.15, 0.2) is 12.7 Å². The SMILES string of the molecule is C=CC(C1CC1)N1CCCC1(C)C(=O)O. The van der Waals surface area contributed by atoms with Crippen LogP contribution >= 0.6 is 0 Å². The van der Waals surface area contributed by atoms with Crippen LogP contribution in [-0.2, 0) is 4.79 Å². The largest absolute Gasteiger partial charge is 0.480 e. The zero-order valence-electron chi connectivity index (χ0n) is 9.28. The number of aliphatic carboxylic acids is 1. The third kappa shape index (κ3) is 1.69. The first kappa shape index (κ1) is 10.7. The molecule has 0 amide bonds. The zero-order chi connectivity index (χ0) is 11.1. The number of hydrogen-bond acceptors (Lipinski definition) is 2. The minimum Gasteiger partial charge on any atom is -0.480 e. The van der Waals surface area contributed by atoms with Crippen LogP contribution in [0.2, 0.25) is 0 Å². The Kier molecular flexibility index (Phi) is 2.59. The highest BCUT2D eigenvalue weighted by Gasteiger charge is 2.48. The van der Waals surface area contributed by atoms with Crippen molar-refractivity contribution >= 4 is 5.97 Å². The quantitative estimate of drug-likeness (QED) is 0.719. The molecule has 0 aromatic carbocycles. The Labute approximate surface area is 90.8 Å². The number of carbonyl (C=O) groups is 1. The fraction of sp³-hybridized carbons (Fsp3) is 0.750. The van der Waals surface area contributed by atoms with Gasteiger partial charge in [-0.1, -0.05) is 6.08 Å². The molecule has 2 rings (SSSR count). The van der Waals surface area contributed by atoms with Crippen molar-refractivity contribution in [2.24, 2.45) is 5.92 Å². The van der Waals surface area contributed by atoms with Gasteiger partial charge in [-0.2, -0.15) is 0 Å². The predicted molar refractivity (Wildman–Crippen MR) is 58.7 cm³/mol. The molecule has 0 spiro atoms. The molecule has 15 heavy (non-hydrogen) atoms. The lowest BCUT2D eigenvalue weighted by molar-refractivity contribution is -0.149. The van der Waals surface area contributed by atoms with Crippen LogP contribution in [0.25, 0.3) is 0 Å². The first-order valence-electron chi connectivity index (χ1n) is 5.72. The van der Waals surface area contributed by atoms with Crippen molar-refractivity contribution in [1.29, 1.82) is 0 Å². The maximum Gasteiger partial charge on any atom is 0.323 e. The second-order valence-corrected chi connectivity index (χ2v) is 4.94. The van der Waals surface area contributed by atoms with Gasteiger partial charge in [0, 0.05) is 6.04 Å². The van der Waals surface area contributed by atoms with E-state index in [-0.39, 0.29) is 6.04 Å². The lowest BCUT2D eigenvalue weighted by Crippen LogP contribution is -2.52. The average Bonchev–Trinajstić information content (AvgIpc) is 2.93. The summed E-state index contributed by atoms with van der Waals surface area (Å²) in [4.78, 5) is 13.5. The van der Waals surface area contributed by atoms with Gasteiger partial charge in [0.2, 0.25) is 0 Å². The summed E-state index contributed by atoms with van der Waals surface area (Å²) in [6.45, 7) is 6.60. The Bertz CT molecular complexity index is 285. The van der Waals surface area contributed by atoms with Gasteiger partial charge in [-0.15, -0.1) is 6.58 Å². The van der Waals surface area contributed by atoms with Crippen molar-refractivity contribution in [3.63, 3.8) is 0 Å². The van der Waals surface area contributed by atoms with E-state index in [2.05, 4.69) is 11.5 Å². The van der Waals surface area contributed by atoms with Crippen molar-refractivity contribution < 1.29 is 9.90 Å². The Morgan fingerprint density at radius 2 is 2.33 bits per heavy atom. The number of rotatable bonds is 4. The fourth-order valence-corrected chi connectivity index (χ4v) is 2.70. The van der Waals surface area contributed by atoms with Crippen LogP contribution < -0.4 is 0 Å². The van der Waals surface area contributed by atoms with E-state index in [1.807, 2.05) is 13.0 Å². The summed E-state index contributed by atoms with van der Waals surface area (Å²) in [7, 11) is 0. The Hall–Kier alpha value is -0.830. The van der Waals surface area contributed by atoms with Gasteiger partial charge in [0.25, 0.3) is 0 Å². The highest BCUT2D eigenvalue weighted by molar-refractivity contribution is 5.78. The van der Waals surface area contributed by atoms with Gasteiger partial charge in [-0.25, -0.2) is 0 Å². The standard InChI is InChI=1S/C12H19NO2/c1-3-10(9-5-6-9)13-8-4-7-12(13,2)11(14)15/h3,9-10H,1,4-8H2,2H3,(H,14,15). The Morgan fingerprint density at radius 3 is 2.80 bits per heavy atom. The average molecular weight is 209 g/mol. The molecule has 1 N–H and O–H groups in total. The van der Waals surface area contributed by atoms with E-state index in [1.54, 1.807) is 0 Å². The monoisotopic (exact) mass is 209 g/mol. The van der Waals surface area contributed by atoms with E-state index in [9.17, 15) is 9.90 Å². The normalized spacial score (nSPS) is 33.9. The molecule has 0 radical (unpaired) electrons. The molecule has 84 valence electrons. The van der Waals surface area contributed by atoms with Crippen molar-refractivity contribution in [1.82, 2.24) is 4.90 Å². The first-order chi connectivity index (χ1) is 7.09. The van der Waals surface area contributed by atoms with Gasteiger partial charge in [0.05, 0.1) is 0 Å². The van der Waals surface area contributed by atoms with Crippen LogP contribution in [0.3, 0.4) is 0 Å². The molecule has 1 aliphatic carbocycles. The summed E-state index contributed by atoms with van der Waals surface area (Å²) in [6, 6.07) is 0.272. The van der Waals surface area contributed by atoms with Gasteiger partial charge in [0.1, 0.15) is 5.54 Å². The summed E-state index contributed by atoms with van der Waals surface area (Å²) in [5.74, 6) is -0.0354. The Morgan fingerprint density at radius 1 is 1.67 bits per heavy atom. The summed E-state index contributed by atoms with van der Waals surface area (Å²) in [5.41, 5.74) is -0.665. The van der Waals surface area contributed by atoms with Gasteiger partial charge in [0.15, 0.2) is 0 Å². The third-order valence-corrected chi connectivity index (χ3v) is 3.86. The van der Waals surface area contributed by atoms with Gasteiger partial charge in [-0.05, 0) is 45.1 Å². The van der Waals surface area contributed by atoms with Crippen LogP contribution in [0.5, 0.6) is 0 Å². The van der Waals surface area contributed by atoms with Crippen molar-refractivity contribution in [3.05, 3.63) is 12.7 Å². The van der Waals surface area contributed by atoms with Gasteiger partial charge < -0.3 is 5.11 Å². The highest BCUT2D eigenvalue weighted by atomic mass is 16.4. The van der Waals surface area contributed by atoms with E-state index in [0.29, 0.717) is 5.92 Å². The van der Waals surface area contributed by atoms with E-state index in [0.717, 1.165) is 19.4 Å². The maximum atomic E-state index is 11.3. The van der Waals surface area contributed by atoms with E-state index < -0.39 is 11.5 Å². The molecule has 0 aromatic rings. The minimum absolute atomic E-state index is 0.272. The summed E-state index contributed by atoms with van der Waals surface area (Å²) in [6.07, 6.45) is 6.13. The Balaban J connectivity index is 2.18. The molecule has 0 aromatic heterocycles. The second-order valence-electron chi connectivity index (χ2n) is 4.94. The van der Waals surface area contributed by atoms with Crippen LogP contribution in [-0.4, -0.2) is 34.1 Å². The van der Waals surface area contributed by atoms with Crippen molar-refractivity contribution in [2.45, 2.75) is 44.2 Å². The van der Waals surface area contributed by atoms with E-state index in [1.165, 1.54) is 12.8 Å². The smallest absolute Gasteiger partial charge is 0.323 e. The van der Waals surface area contributed by atoms with Crippen LogP contribution in [0.1, 0.15) is 32.6 Å². The third-order valence-electron chi connectivity index (χ3n) is 3.86. The number of carboxylic acid groups (broad SMARTS) is 1. The van der Waals surface area contributed by atoms with Crippen molar-refractivity contribution in [3.8, 4) is 0 Å². The molecule has 3 nitrogen and oxygen atoms in total. The molecule has 2 aliphatic rings.